The molecule has 0 saturated carbocycles. The molecule has 1 atom stereocenters. The number of rotatable bonds is 8. The number of nitrogens with zero attached hydrogens (tertiary/aromatic N) is 4. The van der Waals surface area contributed by atoms with Gasteiger partial charge in [0.2, 0.25) is 0 Å². The second kappa shape index (κ2) is 12.9. The smallest absolute Gasteiger partial charge is 0.191 e. The Kier molecular flexibility index (Phi) is 10.6. The highest BCUT2D eigenvalue weighted by Gasteiger charge is 2.23. The van der Waals surface area contributed by atoms with E-state index in [0.717, 1.165) is 51.9 Å². The van der Waals surface area contributed by atoms with E-state index in [9.17, 15) is 0 Å². The fourth-order valence-corrected chi connectivity index (χ4v) is 3.72. The lowest BCUT2D eigenvalue weighted by Crippen LogP contribution is -2.52. The van der Waals surface area contributed by atoms with Crippen molar-refractivity contribution in [1.82, 2.24) is 25.3 Å². The lowest BCUT2D eigenvalue weighted by atomic mass is 10.0. The predicted molar refractivity (Wildman–Crippen MR) is 132 cm³/mol. The third-order valence-electron chi connectivity index (χ3n) is 5.34. The summed E-state index contributed by atoms with van der Waals surface area (Å²) >= 11 is 0. The Morgan fingerprint density at radius 3 is 2.60 bits per heavy atom. The number of hydrogen-bond acceptors (Lipinski definition) is 4. The van der Waals surface area contributed by atoms with Gasteiger partial charge < -0.3 is 15.4 Å². The molecule has 1 unspecified atom stereocenters. The molecule has 3 rings (SSSR count). The van der Waals surface area contributed by atoms with Gasteiger partial charge in [0.1, 0.15) is 0 Å². The predicted octanol–water partition coefficient (Wildman–Crippen LogP) is 2.57. The van der Waals surface area contributed by atoms with Gasteiger partial charge in [0.05, 0.1) is 19.8 Å². The topological polar surface area (TPSA) is 66.7 Å². The molecule has 2 aromatic rings. The Bertz CT molecular complexity index is 759. The summed E-state index contributed by atoms with van der Waals surface area (Å²) in [5.41, 5.74) is 2.47. The number of nitrogens with one attached hydrogen (secondary N) is 2. The van der Waals surface area contributed by atoms with Crippen molar-refractivity contribution >= 4 is 29.9 Å². The number of benzene rings is 1. The van der Waals surface area contributed by atoms with Gasteiger partial charge in [-0.2, -0.15) is 5.10 Å². The molecular weight excluding hydrogens is 491 g/mol. The van der Waals surface area contributed by atoms with Gasteiger partial charge in [-0.3, -0.25) is 14.6 Å². The summed E-state index contributed by atoms with van der Waals surface area (Å²) in [5, 5.41) is 11.2. The fourth-order valence-electron chi connectivity index (χ4n) is 3.72. The van der Waals surface area contributed by atoms with Crippen LogP contribution in [0.2, 0.25) is 0 Å². The average molecular weight is 526 g/mol. The van der Waals surface area contributed by atoms with E-state index < -0.39 is 0 Å². The minimum atomic E-state index is 0. The van der Waals surface area contributed by atoms with Gasteiger partial charge in [0.15, 0.2) is 5.96 Å². The van der Waals surface area contributed by atoms with Crippen molar-refractivity contribution in [2.45, 2.75) is 33.0 Å². The van der Waals surface area contributed by atoms with Crippen molar-refractivity contribution in [2.75, 3.05) is 39.9 Å². The standard InChI is InChI=1S/C22H34N6O.HI/c1-18(2)21(27-10-12-29-13-11-27)16-25-22(23-3)24-15-19-6-4-7-20(14-19)17-28-9-5-8-26-28;/h4-9,14,18,21H,10-13,15-17H2,1-3H3,(H2,23,24,25);1H. The Balaban J connectivity index is 0.00000320. The number of guanidine groups is 1. The Morgan fingerprint density at radius 1 is 1.17 bits per heavy atom. The first-order chi connectivity index (χ1) is 14.2. The lowest BCUT2D eigenvalue weighted by Gasteiger charge is -2.37. The summed E-state index contributed by atoms with van der Waals surface area (Å²) in [5.74, 6) is 1.40. The van der Waals surface area contributed by atoms with Crippen LogP contribution in [0.1, 0.15) is 25.0 Å². The number of aliphatic imine (C=N–C) groups is 1. The average Bonchev–Trinajstić information content (AvgIpc) is 3.24. The monoisotopic (exact) mass is 526 g/mol. The first-order valence-electron chi connectivity index (χ1n) is 10.5. The lowest BCUT2D eigenvalue weighted by molar-refractivity contribution is 0.00752. The molecule has 1 aromatic carbocycles. The Labute approximate surface area is 197 Å². The summed E-state index contributed by atoms with van der Waals surface area (Å²) in [4.78, 5) is 6.92. The fraction of sp³-hybridized carbons (Fsp3) is 0.545. The molecule has 2 heterocycles. The SMILES string of the molecule is CN=C(NCc1cccc(Cn2cccn2)c1)NCC(C(C)C)N1CCOCC1.I. The molecular formula is C22H35IN6O. The third kappa shape index (κ3) is 7.55. The van der Waals surface area contributed by atoms with Crippen molar-refractivity contribution in [2.24, 2.45) is 10.9 Å². The first-order valence-corrected chi connectivity index (χ1v) is 10.5. The molecule has 0 spiro atoms. The molecule has 166 valence electrons. The summed E-state index contributed by atoms with van der Waals surface area (Å²) in [7, 11) is 1.82. The number of ether oxygens (including phenoxy) is 1. The van der Waals surface area contributed by atoms with E-state index in [1.165, 1.54) is 11.1 Å². The van der Waals surface area contributed by atoms with E-state index in [1.807, 2.05) is 30.2 Å². The zero-order valence-corrected chi connectivity index (χ0v) is 20.6. The van der Waals surface area contributed by atoms with Crippen LogP contribution in [0.15, 0.2) is 47.7 Å². The third-order valence-corrected chi connectivity index (χ3v) is 5.34. The van der Waals surface area contributed by atoms with Crippen LogP contribution in [0.3, 0.4) is 0 Å². The van der Waals surface area contributed by atoms with Crippen LogP contribution < -0.4 is 10.6 Å². The minimum absolute atomic E-state index is 0. The second-order valence-electron chi connectivity index (χ2n) is 7.79. The van der Waals surface area contributed by atoms with Gasteiger partial charge in [0, 0.05) is 51.7 Å². The molecule has 30 heavy (non-hydrogen) atoms. The molecule has 1 aromatic heterocycles. The summed E-state index contributed by atoms with van der Waals surface area (Å²) < 4.78 is 7.44. The highest BCUT2D eigenvalue weighted by Crippen LogP contribution is 2.12. The van der Waals surface area contributed by atoms with Crippen molar-refractivity contribution in [3.63, 3.8) is 0 Å². The molecule has 0 bridgehead atoms. The van der Waals surface area contributed by atoms with Crippen LogP contribution in [0.25, 0.3) is 0 Å². The molecule has 0 amide bonds. The van der Waals surface area contributed by atoms with Gasteiger partial charge >= 0.3 is 0 Å². The number of hydrogen-bond donors (Lipinski definition) is 2. The summed E-state index contributed by atoms with van der Waals surface area (Å²) in [6, 6.07) is 11.0. The van der Waals surface area contributed by atoms with Crippen LogP contribution in [0, 0.1) is 5.92 Å². The highest BCUT2D eigenvalue weighted by atomic mass is 127. The van der Waals surface area contributed by atoms with Crippen molar-refractivity contribution in [3.8, 4) is 0 Å². The van der Waals surface area contributed by atoms with E-state index >= 15 is 0 Å². The van der Waals surface area contributed by atoms with Crippen LogP contribution in [0.4, 0.5) is 0 Å². The van der Waals surface area contributed by atoms with E-state index in [4.69, 9.17) is 4.74 Å². The Hall–Kier alpha value is -1.65. The normalized spacial score (nSPS) is 16.2. The molecule has 1 fully saturated rings. The molecule has 2 N–H and O–H groups in total. The maximum atomic E-state index is 5.50. The van der Waals surface area contributed by atoms with Gasteiger partial charge in [0.25, 0.3) is 0 Å². The van der Waals surface area contributed by atoms with E-state index in [1.54, 1.807) is 0 Å². The molecule has 1 aliphatic heterocycles. The van der Waals surface area contributed by atoms with Gasteiger partial charge in [-0.25, -0.2) is 0 Å². The summed E-state index contributed by atoms with van der Waals surface area (Å²) in [6.45, 7) is 10.6. The second-order valence-corrected chi connectivity index (χ2v) is 7.79. The van der Waals surface area contributed by atoms with E-state index in [2.05, 4.69) is 63.7 Å². The first kappa shape index (κ1) is 24.6. The number of morpholine rings is 1. The highest BCUT2D eigenvalue weighted by molar-refractivity contribution is 14.0. The largest absolute Gasteiger partial charge is 0.379 e. The Morgan fingerprint density at radius 2 is 1.93 bits per heavy atom. The van der Waals surface area contributed by atoms with E-state index in [-0.39, 0.29) is 24.0 Å². The summed E-state index contributed by atoms with van der Waals surface area (Å²) in [6.07, 6.45) is 3.79. The molecule has 7 nitrogen and oxygen atoms in total. The molecule has 0 aliphatic carbocycles. The van der Waals surface area contributed by atoms with Crippen molar-refractivity contribution in [1.29, 1.82) is 0 Å². The molecule has 8 heteroatoms. The zero-order chi connectivity index (χ0) is 20.5. The van der Waals surface area contributed by atoms with Gasteiger partial charge in [-0.05, 0) is 23.1 Å². The zero-order valence-electron chi connectivity index (χ0n) is 18.3. The quantitative estimate of drug-likeness (QED) is 0.315. The molecule has 1 aliphatic rings. The van der Waals surface area contributed by atoms with Crippen LogP contribution >= 0.6 is 24.0 Å². The molecule has 0 radical (unpaired) electrons. The van der Waals surface area contributed by atoms with Crippen LogP contribution in [-0.2, 0) is 17.8 Å². The van der Waals surface area contributed by atoms with E-state index in [0.29, 0.717) is 12.0 Å². The van der Waals surface area contributed by atoms with Crippen LogP contribution in [0.5, 0.6) is 0 Å². The van der Waals surface area contributed by atoms with Gasteiger partial charge in [-0.15, -0.1) is 24.0 Å². The maximum Gasteiger partial charge on any atom is 0.191 e. The number of aromatic nitrogens is 2. The maximum absolute atomic E-state index is 5.50. The molecule has 1 saturated heterocycles. The number of halogens is 1. The van der Waals surface area contributed by atoms with Crippen molar-refractivity contribution in [3.05, 3.63) is 53.9 Å². The minimum Gasteiger partial charge on any atom is -0.379 e. The van der Waals surface area contributed by atoms with Gasteiger partial charge in [-0.1, -0.05) is 38.1 Å². The van der Waals surface area contributed by atoms with Crippen molar-refractivity contribution < 1.29 is 4.74 Å². The van der Waals surface area contributed by atoms with Crippen LogP contribution in [-0.4, -0.2) is 66.6 Å².